The van der Waals surface area contributed by atoms with Crippen LogP contribution in [0.25, 0.3) is 10.8 Å². The van der Waals surface area contributed by atoms with Crippen LogP contribution >= 0.6 is 31.9 Å². The lowest BCUT2D eigenvalue weighted by molar-refractivity contribution is 0.172. The van der Waals surface area contributed by atoms with Crippen molar-refractivity contribution in [2.24, 2.45) is 0 Å². The van der Waals surface area contributed by atoms with Gasteiger partial charge in [0.05, 0.1) is 0 Å². The first-order valence-electron chi connectivity index (χ1n) is 4.92. The van der Waals surface area contributed by atoms with Crippen LogP contribution in [0.1, 0.15) is 0 Å². The molecule has 2 aromatic rings. The summed E-state index contributed by atoms with van der Waals surface area (Å²) in [4.78, 5) is 0. The Bertz CT molecular complexity index is 516. The fourth-order valence-electron chi connectivity index (χ4n) is 1.78. The zero-order chi connectivity index (χ0) is 11.1. The maximum atomic E-state index is 5.55. The number of hydrogen-bond acceptors (Lipinski definition) is 2. The van der Waals surface area contributed by atoms with E-state index in [-0.39, 0.29) is 0 Å². The summed E-state index contributed by atoms with van der Waals surface area (Å²) in [6.45, 7) is 1.24. The van der Waals surface area contributed by atoms with Crippen LogP contribution in [0.4, 0.5) is 0 Å². The largest absolute Gasteiger partial charge is 0.486 e. The number of halogens is 2. The van der Waals surface area contributed by atoms with Crippen molar-refractivity contribution in [3.63, 3.8) is 0 Å². The van der Waals surface area contributed by atoms with Crippen molar-refractivity contribution in [2.45, 2.75) is 0 Å². The monoisotopic (exact) mass is 342 g/mol. The summed E-state index contributed by atoms with van der Waals surface area (Å²) in [5, 5.41) is 2.28. The minimum atomic E-state index is 0.621. The second-order valence-corrected chi connectivity index (χ2v) is 5.32. The molecule has 82 valence electrons. The van der Waals surface area contributed by atoms with E-state index in [0.29, 0.717) is 13.2 Å². The van der Waals surface area contributed by atoms with E-state index >= 15 is 0 Å². The number of ether oxygens (including phenoxy) is 2. The van der Waals surface area contributed by atoms with E-state index in [1.54, 1.807) is 0 Å². The molecule has 4 heteroatoms. The highest BCUT2D eigenvalue weighted by molar-refractivity contribution is 9.13. The Morgan fingerprint density at radius 2 is 1.19 bits per heavy atom. The molecule has 0 bridgehead atoms. The third kappa shape index (κ3) is 1.70. The Hall–Kier alpha value is -0.740. The molecule has 0 amide bonds. The van der Waals surface area contributed by atoms with Crippen molar-refractivity contribution in [1.82, 2.24) is 0 Å². The van der Waals surface area contributed by atoms with Crippen molar-refractivity contribution in [3.8, 4) is 11.5 Å². The molecular weight excluding hydrogens is 336 g/mol. The van der Waals surface area contributed by atoms with Crippen LogP contribution in [0.3, 0.4) is 0 Å². The van der Waals surface area contributed by atoms with Gasteiger partial charge in [0.25, 0.3) is 0 Å². The maximum Gasteiger partial charge on any atom is 0.161 e. The number of benzene rings is 2. The molecule has 0 atom stereocenters. The van der Waals surface area contributed by atoms with E-state index in [4.69, 9.17) is 9.47 Å². The van der Waals surface area contributed by atoms with E-state index in [0.717, 1.165) is 31.2 Å². The molecule has 1 aliphatic heterocycles. The molecule has 3 rings (SSSR count). The van der Waals surface area contributed by atoms with Crippen LogP contribution in [0, 0.1) is 0 Å². The summed E-state index contributed by atoms with van der Waals surface area (Å²) in [5.41, 5.74) is 0. The second-order valence-electron chi connectivity index (χ2n) is 3.61. The molecule has 2 nitrogen and oxygen atoms in total. The van der Waals surface area contributed by atoms with E-state index < -0.39 is 0 Å². The minimum Gasteiger partial charge on any atom is -0.486 e. The molecule has 0 saturated carbocycles. The second kappa shape index (κ2) is 3.93. The van der Waals surface area contributed by atoms with Crippen molar-refractivity contribution in [1.29, 1.82) is 0 Å². The van der Waals surface area contributed by atoms with Gasteiger partial charge in [-0.15, -0.1) is 0 Å². The van der Waals surface area contributed by atoms with Gasteiger partial charge in [0.2, 0.25) is 0 Å². The van der Waals surface area contributed by atoms with Gasteiger partial charge >= 0.3 is 0 Å². The standard InChI is InChI=1S/C12H8Br2O2/c13-9-3-7-5-11-12(16-2-1-15-11)6-8(7)4-10(9)14/h3-6H,1-2H2. The zero-order valence-electron chi connectivity index (χ0n) is 8.30. The molecule has 0 radical (unpaired) electrons. The van der Waals surface area contributed by atoms with Gasteiger partial charge < -0.3 is 9.47 Å². The topological polar surface area (TPSA) is 18.5 Å². The highest BCUT2D eigenvalue weighted by atomic mass is 79.9. The van der Waals surface area contributed by atoms with Gasteiger partial charge in [-0.25, -0.2) is 0 Å². The molecule has 2 aromatic carbocycles. The summed E-state index contributed by atoms with van der Waals surface area (Å²) >= 11 is 6.99. The summed E-state index contributed by atoms with van der Waals surface area (Å²) in [7, 11) is 0. The highest BCUT2D eigenvalue weighted by Crippen LogP contribution is 2.37. The SMILES string of the molecule is Brc1cc2cc3c(cc2cc1Br)OCCO3. The number of fused-ring (bicyclic) bond motifs is 2. The Kier molecular flexibility index (Phi) is 2.56. The van der Waals surface area contributed by atoms with Crippen LogP contribution < -0.4 is 9.47 Å². The van der Waals surface area contributed by atoms with Gasteiger partial charge in [-0.2, -0.15) is 0 Å². The number of rotatable bonds is 0. The average Bonchev–Trinajstić information content (AvgIpc) is 2.28. The molecule has 0 fully saturated rings. The molecule has 1 aliphatic rings. The first kappa shape index (κ1) is 10.4. The Morgan fingerprint density at radius 3 is 1.62 bits per heavy atom. The third-order valence-corrected chi connectivity index (χ3v) is 4.38. The predicted octanol–water partition coefficient (Wildman–Crippen LogP) is 4.14. The van der Waals surface area contributed by atoms with Crippen LogP contribution in [-0.2, 0) is 0 Å². The molecule has 0 saturated heterocycles. The van der Waals surface area contributed by atoms with Crippen LogP contribution in [0.2, 0.25) is 0 Å². The zero-order valence-corrected chi connectivity index (χ0v) is 11.5. The van der Waals surface area contributed by atoms with Gasteiger partial charge in [-0.3, -0.25) is 0 Å². The molecule has 0 unspecified atom stereocenters. The third-order valence-electron chi connectivity index (χ3n) is 2.54. The first-order chi connectivity index (χ1) is 7.74. The molecular formula is C12H8Br2O2. The molecule has 16 heavy (non-hydrogen) atoms. The van der Waals surface area contributed by atoms with E-state index in [1.807, 2.05) is 12.1 Å². The molecule has 0 spiro atoms. The fraction of sp³-hybridized carbons (Fsp3) is 0.167. The van der Waals surface area contributed by atoms with E-state index in [2.05, 4.69) is 44.0 Å². The van der Waals surface area contributed by atoms with E-state index in [9.17, 15) is 0 Å². The van der Waals surface area contributed by atoms with Gasteiger partial charge in [0.15, 0.2) is 11.5 Å². The van der Waals surface area contributed by atoms with Crippen molar-refractivity contribution in [3.05, 3.63) is 33.2 Å². The summed E-state index contributed by atoms with van der Waals surface area (Å²) in [6, 6.07) is 8.16. The first-order valence-corrected chi connectivity index (χ1v) is 6.51. The Morgan fingerprint density at radius 1 is 0.750 bits per heavy atom. The minimum absolute atomic E-state index is 0.621. The van der Waals surface area contributed by atoms with Gasteiger partial charge in [-0.1, -0.05) is 0 Å². The average molecular weight is 344 g/mol. The van der Waals surface area contributed by atoms with Crippen molar-refractivity contribution in [2.75, 3.05) is 13.2 Å². The predicted molar refractivity (Wildman–Crippen MR) is 70.3 cm³/mol. The molecule has 0 aromatic heterocycles. The van der Waals surface area contributed by atoms with Crippen molar-refractivity contribution >= 4 is 42.6 Å². The summed E-state index contributed by atoms with van der Waals surface area (Å²) < 4.78 is 13.2. The lowest BCUT2D eigenvalue weighted by atomic mass is 10.1. The Balaban J connectivity index is 2.27. The quantitative estimate of drug-likeness (QED) is 0.715. The Labute approximate surface area is 110 Å². The van der Waals surface area contributed by atoms with Crippen molar-refractivity contribution < 1.29 is 9.47 Å². The van der Waals surface area contributed by atoms with Gasteiger partial charge in [0.1, 0.15) is 13.2 Å². The van der Waals surface area contributed by atoms with Crippen LogP contribution in [0.5, 0.6) is 11.5 Å². The maximum absolute atomic E-state index is 5.55. The van der Waals surface area contributed by atoms with Gasteiger partial charge in [0, 0.05) is 8.95 Å². The fourth-order valence-corrected chi connectivity index (χ4v) is 2.50. The number of hydrogen-bond donors (Lipinski definition) is 0. The van der Waals surface area contributed by atoms with Crippen LogP contribution in [0.15, 0.2) is 33.2 Å². The molecule has 1 heterocycles. The van der Waals surface area contributed by atoms with Crippen LogP contribution in [-0.4, -0.2) is 13.2 Å². The molecule has 0 N–H and O–H groups in total. The smallest absolute Gasteiger partial charge is 0.161 e. The molecule has 0 aliphatic carbocycles. The summed E-state index contributed by atoms with van der Waals surface area (Å²) in [5.74, 6) is 1.65. The van der Waals surface area contributed by atoms with Gasteiger partial charge in [-0.05, 0) is 66.9 Å². The lowest BCUT2D eigenvalue weighted by Crippen LogP contribution is -2.15. The summed E-state index contributed by atoms with van der Waals surface area (Å²) in [6.07, 6.45) is 0. The highest BCUT2D eigenvalue weighted by Gasteiger charge is 2.13. The lowest BCUT2D eigenvalue weighted by Gasteiger charge is -2.19. The van der Waals surface area contributed by atoms with E-state index in [1.165, 1.54) is 0 Å². The normalized spacial score (nSPS) is 14.1.